The minimum Gasteiger partial charge on any atom is -0.349 e. The molecule has 2 N–H and O–H groups in total. The number of carbonyl (C=O) groups is 2. The summed E-state index contributed by atoms with van der Waals surface area (Å²) >= 11 is 7.21. The second kappa shape index (κ2) is 11.2. The maximum absolute atomic E-state index is 12.5. The van der Waals surface area contributed by atoms with Crippen molar-refractivity contribution in [2.45, 2.75) is 44.6 Å². The molecule has 0 fully saturated rings. The van der Waals surface area contributed by atoms with Crippen molar-refractivity contribution in [2.75, 3.05) is 5.75 Å². The van der Waals surface area contributed by atoms with Crippen molar-refractivity contribution in [2.24, 2.45) is 0 Å². The van der Waals surface area contributed by atoms with Crippen molar-refractivity contribution in [3.8, 4) is 0 Å². The van der Waals surface area contributed by atoms with E-state index in [1.165, 1.54) is 11.8 Å². The summed E-state index contributed by atoms with van der Waals surface area (Å²) in [5.41, 5.74) is 1.57. The molecular formula is C23H26ClN5O2S. The van der Waals surface area contributed by atoms with Crippen LogP contribution in [-0.2, 0) is 11.3 Å². The zero-order valence-corrected chi connectivity index (χ0v) is 19.8. The van der Waals surface area contributed by atoms with Gasteiger partial charge in [-0.15, -0.1) is 10.2 Å². The number of rotatable bonds is 9. The molecule has 0 aliphatic carbocycles. The van der Waals surface area contributed by atoms with E-state index in [1.54, 1.807) is 24.3 Å². The molecule has 168 valence electrons. The number of thioether (sulfide) groups is 1. The summed E-state index contributed by atoms with van der Waals surface area (Å²) in [7, 11) is 0. The normalized spacial score (nSPS) is 12.8. The molecule has 0 unspecified atom stereocenters. The number of nitrogens with zero attached hydrogens (tertiary/aromatic N) is 3. The summed E-state index contributed by atoms with van der Waals surface area (Å²) in [6, 6.07) is 16.1. The number of halogens is 1. The Morgan fingerprint density at radius 3 is 2.34 bits per heavy atom. The fourth-order valence-electron chi connectivity index (χ4n) is 3.21. The maximum Gasteiger partial charge on any atom is 0.251 e. The van der Waals surface area contributed by atoms with E-state index in [0.717, 1.165) is 5.56 Å². The average molecular weight is 472 g/mol. The van der Waals surface area contributed by atoms with Crippen LogP contribution in [0, 0.1) is 0 Å². The number of benzene rings is 2. The fourth-order valence-corrected chi connectivity index (χ4v) is 4.15. The van der Waals surface area contributed by atoms with Crippen LogP contribution in [0.2, 0.25) is 5.02 Å². The van der Waals surface area contributed by atoms with Gasteiger partial charge in [-0.05, 0) is 50.6 Å². The first kappa shape index (κ1) is 23.8. The molecule has 2 amide bonds. The summed E-state index contributed by atoms with van der Waals surface area (Å²) < 4.78 is 1.91. The Morgan fingerprint density at radius 2 is 1.69 bits per heavy atom. The third kappa shape index (κ3) is 6.11. The van der Waals surface area contributed by atoms with E-state index in [9.17, 15) is 9.59 Å². The largest absolute Gasteiger partial charge is 0.349 e. The molecule has 32 heavy (non-hydrogen) atoms. The molecule has 0 saturated heterocycles. The fraction of sp³-hybridized carbons (Fsp3) is 0.304. The van der Waals surface area contributed by atoms with Crippen molar-refractivity contribution in [1.29, 1.82) is 0 Å². The Labute approximate surface area is 197 Å². The van der Waals surface area contributed by atoms with Gasteiger partial charge in [-0.2, -0.15) is 0 Å². The predicted octanol–water partition coefficient (Wildman–Crippen LogP) is 4.41. The summed E-state index contributed by atoms with van der Waals surface area (Å²) in [4.78, 5) is 24.9. The standard InChI is InChI=1S/C23H26ClN5O2S/c1-4-29-21(16(3)26-22(31)18-10-12-19(24)13-11-18)27-28-23(29)32-14-20(30)25-15(2)17-8-6-5-7-9-17/h5-13,15-16H,4,14H2,1-3H3,(H,25,30)(H,26,31)/t15-,16-/m1/s1. The highest BCUT2D eigenvalue weighted by Gasteiger charge is 2.20. The Hall–Kier alpha value is -2.84. The molecule has 0 saturated carbocycles. The van der Waals surface area contributed by atoms with Gasteiger partial charge in [0.05, 0.1) is 17.8 Å². The molecule has 7 nitrogen and oxygen atoms in total. The van der Waals surface area contributed by atoms with Gasteiger partial charge in [0.25, 0.3) is 5.91 Å². The van der Waals surface area contributed by atoms with Gasteiger partial charge in [0.2, 0.25) is 5.91 Å². The molecule has 1 aromatic heterocycles. The van der Waals surface area contributed by atoms with Crippen LogP contribution in [0.3, 0.4) is 0 Å². The monoisotopic (exact) mass is 471 g/mol. The van der Waals surface area contributed by atoms with Crippen LogP contribution in [0.1, 0.15) is 54.6 Å². The van der Waals surface area contributed by atoms with Crippen LogP contribution in [0.15, 0.2) is 59.8 Å². The topological polar surface area (TPSA) is 88.9 Å². The third-order valence-electron chi connectivity index (χ3n) is 4.91. The first-order chi connectivity index (χ1) is 15.4. The van der Waals surface area contributed by atoms with E-state index in [-0.39, 0.29) is 29.7 Å². The van der Waals surface area contributed by atoms with E-state index in [2.05, 4.69) is 20.8 Å². The lowest BCUT2D eigenvalue weighted by Gasteiger charge is -2.16. The van der Waals surface area contributed by atoms with E-state index in [0.29, 0.717) is 28.1 Å². The number of carbonyl (C=O) groups excluding carboxylic acids is 2. The molecular weight excluding hydrogens is 446 g/mol. The van der Waals surface area contributed by atoms with Crippen molar-refractivity contribution < 1.29 is 9.59 Å². The molecule has 0 spiro atoms. The average Bonchev–Trinajstić information content (AvgIpc) is 3.21. The summed E-state index contributed by atoms with van der Waals surface area (Å²) in [6.45, 7) is 6.40. The zero-order valence-electron chi connectivity index (χ0n) is 18.2. The van der Waals surface area contributed by atoms with E-state index < -0.39 is 0 Å². The molecule has 2 aromatic carbocycles. The number of nitrogens with one attached hydrogen (secondary N) is 2. The van der Waals surface area contributed by atoms with Gasteiger partial charge in [-0.3, -0.25) is 9.59 Å². The lowest BCUT2D eigenvalue weighted by atomic mass is 10.1. The Kier molecular flexibility index (Phi) is 8.30. The Balaban J connectivity index is 1.59. The van der Waals surface area contributed by atoms with Gasteiger partial charge >= 0.3 is 0 Å². The highest BCUT2D eigenvalue weighted by Crippen LogP contribution is 2.21. The molecule has 1 heterocycles. The first-order valence-corrected chi connectivity index (χ1v) is 11.7. The van der Waals surface area contributed by atoms with Gasteiger partial charge in [-0.25, -0.2) is 0 Å². The van der Waals surface area contributed by atoms with Crippen molar-refractivity contribution in [1.82, 2.24) is 25.4 Å². The Bertz CT molecular complexity index is 1060. The molecule has 2 atom stereocenters. The molecule has 3 rings (SSSR count). The minimum atomic E-state index is -0.355. The smallest absolute Gasteiger partial charge is 0.251 e. The van der Waals surface area contributed by atoms with Gasteiger partial charge < -0.3 is 15.2 Å². The summed E-state index contributed by atoms with van der Waals surface area (Å²) in [5, 5.41) is 15.6. The first-order valence-electron chi connectivity index (χ1n) is 10.4. The van der Waals surface area contributed by atoms with E-state index >= 15 is 0 Å². The van der Waals surface area contributed by atoms with Crippen LogP contribution in [0.5, 0.6) is 0 Å². The number of aromatic nitrogens is 3. The van der Waals surface area contributed by atoms with Crippen LogP contribution in [0.4, 0.5) is 0 Å². The van der Waals surface area contributed by atoms with Crippen molar-refractivity contribution >= 4 is 35.2 Å². The van der Waals surface area contributed by atoms with Crippen LogP contribution < -0.4 is 10.6 Å². The van der Waals surface area contributed by atoms with Crippen molar-refractivity contribution in [3.05, 3.63) is 76.6 Å². The van der Waals surface area contributed by atoms with Gasteiger partial charge in [-0.1, -0.05) is 53.7 Å². The van der Waals surface area contributed by atoms with Gasteiger partial charge in [0.1, 0.15) is 0 Å². The molecule has 0 aliphatic heterocycles. The number of amides is 2. The second-order valence-corrected chi connectivity index (χ2v) is 8.65. The molecule has 9 heteroatoms. The second-order valence-electron chi connectivity index (χ2n) is 7.28. The highest BCUT2D eigenvalue weighted by molar-refractivity contribution is 7.99. The molecule has 0 aliphatic rings. The Morgan fingerprint density at radius 1 is 1.00 bits per heavy atom. The van der Waals surface area contributed by atoms with E-state index in [1.807, 2.05) is 55.7 Å². The summed E-state index contributed by atoms with van der Waals surface area (Å²) in [5.74, 6) is 0.558. The molecule has 0 bridgehead atoms. The van der Waals surface area contributed by atoms with Gasteiger partial charge in [0, 0.05) is 17.1 Å². The van der Waals surface area contributed by atoms with Crippen LogP contribution >= 0.6 is 23.4 Å². The third-order valence-corrected chi connectivity index (χ3v) is 6.13. The quantitative estimate of drug-likeness (QED) is 0.451. The lowest BCUT2D eigenvalue weighted by Crippen LogP contribution is -2.29. The van der Waals surface area contributed by atoms with Crippen molar-refractivity contribution in [3.63, 3.8) is 0 Å². The predicted molar refractivity (Wildman–Crippen MR) is 127 cm³/mol. The minimum absolute atomic E-state index is 0.0768. The van der Waals surface area contributed by atoms with Gasteiger partial charge in [0.15, 0.2) is 11.0 Å². The van der Waals surface area contributed by atoms with E-state index in [4.69, 9.17) is 11.6 Å². The SMILES string of the molecule is CCn1c(SCC(=O)N[C@H](C)c2ccccc2)nnc1[C@@H](C)NC(=O)c1ccc(Cl)cc1. The maximum atomic E-state index is 12.5. The number of hydrogen-bond donors (Lipinski definition) is 2. The lowest BCUT2D eigenvalue weighted by molar-refractivity contribution is -0.119. The zero-order chi connectivity index (χ0) is 23.1. The number of hydrogen-bond acceptors (Lipinski definition) is 5. The summed E-state index contributed by atoms with van der Waals surface area (Å²) in [6.07, 6.45) is 0. The molecule has 0 radical (unpaired) electrons. The van der Waals surface area contributed by atoms with Crippen LogP contribution in [-0.4, -0.2) is 32.3 Å². The molecule has 3 aromatic rings. The van der Waals surface area contributed by atoms with Crippen LogP contribution in [0.25, 0.3) is 0 Å². The highest BCUT2D eigenvalue weighted by atomic mass is 35.5.